The van der Waals surface area contributed by atoms with E-state index in [0.29, 0.717) is 0 Å². The first-order chi connectivity index (χ1) is 3.62. The zero-order valence-electron chi connectivity index (χ0n) is 4.70. The van der Waals surface area contributed by atoms with E-state index in [0.717, 1.165) is 5.82 Å². The molecular formula is C4H9O3P. The molecule has 1 N–H and O–H groups in total. The fraction of sp³-hybridized carbons (Fsp3) is 0.500. The zero-order chi connectivity index (χ0) is 6.62. The molecule has 0 aliphatic heterocycles. The van der Waals surface area contributed by atoms with Gasteiger partial charge in [0.05, 0.1) is 6.61 Å². The quantitative estimate of drug-likeness (QED) is 0.595. The molecule has 0 aliphatic carbocycles. The Morgan fingerprint density at radius 2 is 2.50 bits per heavy atom. The number of rotatable bonds is 3. The fourth-order valence-electron chi connectivity index (χ4n) is 0.238. The molecule has 0 aromatic carbocycles. The highest BCUT2D eigenvalue weighted by Crippen LogP contribution is 2.42. The second-order valence-electron chi connectivity index (χ2n) is 1.16. The molecular weight excluding hydrogens is 127 g/mol. The van der Waals surface area contributed by atoms with Crippen LogP contribution in [0.3, 0.4) is 0 Å². The van der Waals surface area contributed by atoms with Gasteiger partial charge in [0.15, 0.2) is 0 Å². The number of hydrogen-bond acceptors (Lipinski definition) is 2. The Morgan fingerprint density at radius 1 is 2.00 bits per heavy atom. The SMILES string of the molecule is C=CP(=O)(O)OCC. The van der Waals surface area contributed by atoms with Crippen molar-refractivity contribution < 1.29 is 14.0 Å². The maximum Gasteiger partial charge on any atom is 0.351 e. The van der Waals surface area contributed by atoms with Crippen LogP contribution in [0, 0.1) is 0 Å². The summed E-state index contributed by atoms with van der Waals surface area (Å²) in [5.41, 5.74) is 0. The lowest BCUT2D eigenvalue weighted by Crippen LogP contribution is -1.82. The Hall–Kier alpha value is -0.110. The van der Waals surface area contributed by atoms with E-state index < -0.39 is 7.60 Å². The van der Waals surface area contributed by atoms with E-state index in [1.165, 1.54) is 0 Å². The molecule has 3 nitrogen and oxygen atoms in total. The molecule has 0 aromatic heterocycles. The molecule has 1 unspecified atom stereocenters. The van der Waals surface area contributed by atoms with Crippen molar-refractivity contribution in [1.82, 2.24) is 0 Å². The molecule has 48 valence electrons. The second kappa shape index (κ2) is 3.02. The topological polar surface area (TPSA) is 46.5 Å². The van der Waals surface area contributed by atoms with Crippen LogP contribution in [0.4, 0.5) is 0 Å². The van der Waals surface area contributed by atoms with Crippen LogP contribution in [-0.4, -0.2) is 11.5 Å². The van der Waals surface area contributed by atoms with E-state index in [2.05, 4.69) is 11.1 Å². The Bertz CT molecular complexity index is 120. The third-order valence-electron chi connectivity index (χ3n) is 0.545. The van der Waals surface area contributed by atoms with Gasteiger partial charge < -0.3 is 9.42 Å². The van der Waals surface area contributed by atoms with Gasteiger partial charge in [-0.05, 0) is 6.92 Å². The van der Waals surface area contributed by atoms with Crippen molar-refractivity contribution in [2.45, 2.75) is 6.92 Å². The van der Waals surface area contributed by atoms with Crippen molar-refractivity contribution in [3.8, 4) is 0 Å². The third kappa shape index (κ3) is 2.97. The summed E-state index contributed by atoms with van der Waals surface area (Å²) in [6.45, 7) is 4.99. The fourth-order valence-corrected chi connectivity index (χ4v) is 0.713. The van der Waals surface area contributed by atoms with Gasteiger partial charge in [0.1, 0.15) is 0 Å². The molecule has 0 bridgehead atoms. The van der Waals surface area contributed by atoms with E-state index in [-0.39, 0.29) is 6.61 Å². The molecule has 0 radical (unpaired) electrons. The van der Waals surface area contributed by atoms with Crippen LogP contribution in [0.1, 0.15) is 6.92 Å². The first kappa shape index (κ1) is 7.89. The molecule has 0 rings (SSSR count). The Morgan fingerprint density at radius 3 is 2.62 bits per heavy atom. The van der Waals surface area contributed by atoms with Crippen LogP contribution < -0.4 is 0 Å². The predicted molar refractivity (Wildman–Crippen MR) is 31.6 cm³/mol. The maximum absolute atomic E-state index is 10.4. The summed E-state index contributed by atoms with van der Waals surface area (Å²) in [6.07, 6.45) is 0. The van der Waals surface area contributed by atoms with Crippen LogP contribution in [0.2, 0.25) is 0 Å². The molecule has 0 fully saturated rings. The van der Waals surface area contributed by atoms with Gasteiger partial charge in [-0.1, -0.05) is 6.58 Å². The Balaban J connectivity index is 3.73. The highest BCUT2D eigenvalue weighted by atomic mass is 31.2. The van der Waals surface area contributed by atoms with E-state index >= 15 is 0 Å². The molecule has 1 atom stereocenters. The highest BCUT2D eigenvalue weighted by molar-refractivity contribution is 7.56. The van der Waals surface area contributed by atoms with Crippen LogP contribution >= 0.6 is 7.60 Å². The molecule has 0 heterocycles. The first-order valence-corrected chi connectivity index (χ1v) is 3.87. The first-order valence-electron chi connectivity index (χ1n) is 2.23. The van der Waals surface area contributed by atoms with Crippen LogP contribution in [0.5, 0.6) is 0 Å². The van der Waals surface area contributed by atoms with Crippen molar-refractivity contribution in [1.29, 1.82) is 0 Å². The van der Waals surface area contributed by atoms with Gasteiger partial charge >= 0.3 is 7.60 Å². The summed E-state index contributed by atoms with van der Waals surface area (Å²) in [5.74, 6) is 0.913. The molecule has 8 heavy (non-hydrogen) atoms. The standard InChI is InChI=1S/C4H9O3P/c1-3-7-8(5,6)4-2/h4H,2-3H2,1H3,(H,5,6). The van der Waals surface area contributed by atoms with E-state index in [4.69, 9.17) is 4.89 Å². The molecule has 0 aliphatic rings. The maximum atomic E-state index is 10.4. The molecule has 0 aromatic rings. The largest absolute Gasteiger partial charge is 0.351 e. The molecule has 4 heteroatoms. The predicted octanol–water partition coefficient (Wildman–Crippen LogP) is 1.35. The lowest BCUT2D eigenvalue weighted by atomic mass is 10.9. The number of hydrogen-bond donors (Lipinski definition) is 1. The summed E-state index contributed by atoms with van der Waals surface area (Å²) in [4.78, 5) is 8.54. The zero-order valence-corrected chi connectivity index (χ0v) is 5.60. The van der Waals surface area contributed by atoms with Gasteiger partial charge in [0.25, 0.3) is 0 Å². The minimum Gasteiger partial charge on any atom is -0.321 e. The Labute approximate surface area is 48.5 Å². The van der Waals surface area contributed by atoms with Gasteiger partial charge in [0, 0.05) is 5.82 Å². The summed E-state index contributed by atoms with van der Waals surface area (Å²) < 4.78 is 14.8. The monoisotopic (exact) mass is 136 g/mol. The smallest absolute Gasteiger partial charge is 0.321 e. The Kier molecular flexibility index (Phi) is 2.98. The second-order valence-corrected chi connectivity index (χ2v) is 2.92. The average molecular weight is 136 g/mol. The van der Waals surface area contributed by atoms with Gasteiger partial charge in [-0.15, -0.1) is 0 Å². The lowest BCUT2D eigenvalue weighted by Gasteiger charge is -2.02. The van der Waals surface area contributed by atoms with E-state index in [1.807, 2.05) is 0 Å². The summed E-state index contributed by atoms with van der Waals surface area (Å²) >= 11 is 0. The van der Waals surface area contributed by atoms with Gasteiger partial charge in [0.2, 0.25) is 0 Å². The van der Waals surface area contributed by atoms with Crippen molar-refractivity contribution in [2.75, 3.05) is 6.61 Å². The summed E-state index contributed by atoms with van der Waals surface area (Å²) in [6, 6.07) is 0. The van der Waals surface area contributed by atoms with Crippen molar-refractivity contribution in [2.24, 2.45) is 0 Å². The molecule has 0 saturated carbocycles. The molecule has 0 amide bonds. The van der Waals surface area contributed by atoms with Crippen LogP contribution in [0.25, 0.3) is 0 Å². The summed E-state index contributed by atoms with van der Waals surface area (Å²) in [5, 5.41) is 0. The van der Waals surface area contributed by atoms with Gasteiger partial charge in [-0.3, -0.25) is 4.57 Å². The minimum absolute atomic E-state index is 0.236. The lowest BCUT2D eigenvalue weighted by molar-refractivity contribution is 0.283. The normalized spacial score (nSPS) is 17.2. The summed E-state index contributed by atoms with van der Waals surface area (Å²) in [7, 11) is -3.41. The van der Waals surface area contributed by atoms with Crippen molar-refractivity contribution in [3.63, 3.8) is 0 Å². The molecule has 0 spiro atoms. The van der Waals surface area contributed by atoms with Gasteiger partial charge in [-0.25, -0.2) is 0 Å². The van der Waals surface area contributed by atoms with Crippen molar-refractivity contribution >= 4 is 7.60 Å². The molecule has 0 saturated heterocycles. The van der Waals surface area contributed by atoms with Gasteiger partial charge in [-0.2, -0.15) is 0 Å². The minimum atomic E-state index is -3.41. The van der Waals surface area contributed by atoms with Crippen molar-refractivity contribution in [3.05, 3.63) is 12.4 Å². The van der Waals surface area contributed by atoms with Crippen LogP contribution in [0.15, 0.2) is 12.4 Å². The third-order valence-corrected chi connectivity index (χ3v) is 1.63. The highest BCUT2D eigenvalue weighted by Gasteiger charge is 2.09. The van der Waals surface area contributed by atoms with E-state index in [9.17, 15) is 4.57 Å². The van der Waals surface area contributed by atoms with Crippen LogP contribution in [-0.2, 0) is 9.09 Å². The van der Waals surface area contributed by atoms with E-state index in [1.54, 1.807) is 6.92 Å². The average Bonchev–Trinajstić information content (AvgIpc) is 1.67.